The van der Waals surface area contributed by atoms with Crippen LogP contribution in [0.25, 0.3) is 0 Å². The topological polar surface area (TPSA) is 36.0 Å². The molecule has 1 aliphatic rings. The van der Waals surface area contributed by atoms with Crippen molar-refractivity contribution in [3.63, 3.8) is 0 Å². The lowest BCUT2D eigenvalue weighted by atomic mass is 10.1. The van der Waals surface area contributed by atoms with Gasteiger partial charge in [-0.25, -0.2) is 4.79 Å². The summed E-state index contributed by atoms with van der Waals surface area (Å²) >= 11 is 0. The average Bonchev–Trinajstić information content (AvgIpc) is 2.71. The standard InChI is InChI=1S/C20H24F9N3O2/c1-3-31(4-2)15-11-14(18(21,22)23)6-5-13(15)12-30-7-9-32(10-8-30)17(33)34-16(19(24,25)26)20(27,28)29/h5-6,11,16H,3-4,7-10,12H2,1-2H3. The summed E-state index contributed by atoms with van der Waals surface area (Å²) in [5, 5.41) is 0. The van der Waals surface area contributed by atoms with E-state index in [0.29, 0.717) is 24.3 Å². The molecule has 0 aromatic heterocycles. The van der Waals surface area contributed by atoms with Crippen molar-refractivity contribution in [2.75, 3.05) is 44.2 Å². The number of anilines is 1. The van der Waals surface area contributed by atoms with Crippen LogP contribution in [0.5, 0.6) is 0 Å². The Morgan fingerprint density at radius 3 is 1.91 bits per heavy atom. The fraction of sp³-hybridized carbons (Fsp3) is 0.650. The second-order valence-corrected chi connectivity index (χ2v) is 7.62. The van der Waals surface area contributed by atoms with Crippen molar-refractivity contribution >= 4 is 11.8 Å². The molecule has 1 fully saturated rings. The minimum Gasteiger partial charge on any atom is -0.426 e. The summed E-state index contributed by atoms with van der Waals surface area (Å²) < 4.78 is 119. The number of rotatable bonds is 6. The number of carbonyl (C=O) groups is 1. The molecule has 5 nitrogen and oxygen atoms in total. The van der Waals surface area contributed by atoms with Gasteiger partial charge >= 0.3 is 24.6 Å². The fourth-order valence-corrected chi connectivity index (χ4v) is 3.56. The highest BCUT2D eigenvalue weighted by Gasteiger charge is 2.60. The molecule has 1 aromatic carbocycles. The molecule has 14 heteroatoms. The molecule has 2 rings (SSSR count). The van der Waals surface area contributed by atoms with E-state index in [2.05, 4.69) is 4.74 Å². The molecule has 1 aromatic rings. The maximum Gasteiger partial charge on any atom is 0.434 e. The second kappa shape index (κ2) is 10.5. The second-order valence-electron chi connectivity index (χ2n) is 7.62. The van der Waals surface area contributed by atoms with E-state index in [1.165, 1.54) is 6.07 Å². The van der Waals surface area contributed by atoms with Crippen molar-refractivity contribution in [2.24, 2.45) is 0 Å². The molecule has 0 N–H and O–H groups in total. The summed E-state index contributed by atoms with van der Waals surface area (Å²) in [5.74, 6) is 0. The van der Waals surface area contributed by atoms with Crippen molar-refractivity contribution in [3.8, 4) is 0 Å². The predicted molar refractivity (Wildman–Crippen MR) is 104 cm³/mol. The average molecular weight is 509 g/mol. The highest BCUT2D eigenvalue weighted by Crippen LogP contribution is 2.36. The Balaban J connectivity index is 2.08. The summed E-state index contributed by atoms with van der Waals surface area (Å²) in [7, 11) is 0. The first-order valence-corrected chi connectivity index (χ1v) is 10.3. The molecule has 0 unspecified atom stereocenters. The first-order valence-electron chi connectivity index (χ1n) is 10.3. The van der Waals surface area contributed by atoms with Crippen molar-refractivity contribution in [1.29, 1.82) is 0 Å². The van der Waals surface area contributed by atoms with Gasteiger partial charge in [-0.15, -0.1) is 0 Å². The third kappa shape index (κ3) is 7.06. The Morgan fingerprint density at radius 2 is 1.47 bits per heavy atom. The zero-order valence-electron chi connectivity index (χ0n) is 18.3. The van der Waals surface area contributed by atoms with Crippen LogP contribution in [0.3, 0.4) is 0 Å². The van der Waals surface area contributed by atoms with Crippen LogP contribution in [0.4, 0.5) is 50.0 Å². The molecule has 0 saturated carbocycles. The van der Waals surface area contributed by atoms with Crippen LogP contribution in [-0.4, -0.2) is 73.6 Å². The maximum absolute atomic E-state index is 13.2. The molecule has 34 heavy (non-hydrogen) atoms. The number of benzene rings is 1. The molecule has 194 valence electrons. The van der Waals surface area contributed by atoms with Gasteiger partial charge in [-0.05, 0) is 31.5 Å². The summed E-state index contributed by atoms with van der Waals surface area (Å²) in [6.07, 6.45) is -22.1. The number of alkyl halides is 9. The molecule has 0 atom stereocenters. The lowest BCUT2D eigenvalue weighted by Gasteiger charge is -2.36. The number of amides is 1. The molecule has 0 aliphatic carbocycles. The number of nitrogens with zero attached hydrogens (tertiary/aromatic N) is 3. The van der Waals surface area contributed by atoms with Crippen LogP contribution < -0.4 is 4.90 Å². The van der Waals surface area contributed by atoms with Crippen LogP contribution >= 0.6 is 0 Å². The number of hydrogen-bond donors (Lipinski definition) is 0. The summed E-state index contributed by atoms with van der Waals surface area (Å²) in [4.78, 5) is 16.1. The smallest absolute Gasteiger partial charge is 0.426 e. The van der Waals surface area contributed by atoms with Crippen molar-refractivity contribution < 1.29 is 49.0 Å². The van der Waals surface area contributed by atoms with Gasteiger partial charge in [-0.1, -0.05) is 6.07 Å². The molecular formula is C20H24F9N3O2. The number of hydrogen-bond acceptors (Lipinski definition) is 4. The zero-order valence-corrected chi connectivity index (χ0v) is 18.3. The van der Waals surface area contributed by atoms with Crippen LogP contribution in [0, 0.1) is 0 Å². The van der Waals surface area contributed by atoms with Crippen LogP contribution in [0.2, 0.25) is 0 Å². The SMILES string of the molecule is CCN(CC)c1cc(C(F)(F)F)ccc1CN1CCN(C(=O)OC(C(F)(F)F)C(F)(F)F)CC1. The van der Waals surface area contributed by atoms with Gasteiger partial charge in [0.15, 0.2) is 0 Å². The van der Waals surface area contributed by atoms with E-state index in [1.807, 2.05) is 0 Å². The monoisotopic (exact) mass is 509 g/mol. The van der Waals surface area contributed by atoms with Crippen molar-refractivity contribution in [1.82, 2.24) is 9.80 Å². The van der Waals surface area contributed by atoms with Crippen LogP contribution in [0.15, 0.2) is 18.2 Å². The van der Waals surface area contributed by atoms with Gasteiger partial charge in [-0.2, -0.15) is 39.5 Å². The summed E-state index contributed by atoms with van der Waals surface area (Å²) in [5.41, 5.74) is 0.136. The van der Waals surface area contributed by atoms with Gasteiger partial charge in [0.25, 0.3) is 6.10 Å². The third-order valence-electron chi connectivity index (χ3n) is 5.35. The lowest BCUT2D eigenvalue weighted by molar-refractivity contribution is -0.308. The zero-order chi connectivity index (χ0) is 25.9. The number of ether oxygens (including phenoxy) is 1. The van der Waals surface area contributed by atoms with Crippen molar-refractivity contribution in [3.05, 3.63) is 29.3 Å². The van der Waals surface area contributed by atoms with Gasteiger partial charge in [0.1, 0.15) is 0 Å². The van der Waals surface area contributed by atoms with E-state index in [1.54, 1.807) is 23.6 Å². The molecule has 1 amide bonds. The predicted octanol–water partition coefficient (Wildman–Crippen LogP) is 5.30. The fourth-order valence-electron chi connectivity index (χ4n) is 3.56. The Morgan fingerprint density at radius 1 is 0.941 bits per heavy atom. The largest absolute Gasteiger partial charge is 0.434 e. The van der Waals surface area contributed by atoms with Gasteiger partial charge in [0.05, 0.1) is 5.56 Å². The quantitative estimate of drug-likeness (QED) is 0.488. The van der Waals surface area contributed by atoms with E-state index in [9.17, 15) is 44.3 Å². The third-order valence-corrected chi connectivity index (χ3v) is 5.35. The molecule has 0 radical (unpaired) electrons. The lowest BCUT2D eigenvalue weighted by Crippen LogP contribution is -2.52. The van der Waals surface area contributed by atoms with E-state index < -0.39 is 36.3 Å². The van der Waals surface area contributed by atoms with Gasteiger partial charge in [0, 0.05) is 51.5 Å². The van der Waals surface area contributed by atoms with Crippen molar-refractivity contribution in [2.45, 2.75) is 45.0 Å². The maximum atomic E-state index is 13.2. The number of carbonyl (C=O) groups excluding carboxylic acids is 1. The Hall–Kier alpha value is -2.38. The van der Waals surface area contributed by atoms with E-state index in [0.717, 1.165) is 17.0 Å². The Kier molecular flexibility index (Phi) is 8.59. The van der Waals surface area contributed by atoms with E-state index in [4.69, 9.17) is 0 Å². The summed E-state index contributed by atoms with van der Waals surface area (Å²) in [6.45, 7) is 4.40. The van der Waals surface area contributed by atoms with Gasteiger partial charge < -0.3 is 14.5 Å². The molecule has 1 aliphatic heterocycles. The normalized spacial score (nSPS) is 16.2. The van der Waals surface area contributed by atoms with E-state index >= 15 is 0 Å². The Bertz CT molecular complexity index is 814. The molecular weight excluding hydrogens is 485 g/mol. The van der Waals surface area contributed by atoms with Gasteiger partial charge in [-0.3, -0.25) is 4.90 Å². The molecule has 0 bridgehead atoms. The first kappa shape index (κ1) is 27.9. The minimum absolute atomic E-state index is 0.0799. The highest BCUT2D eigenvalue weighted by molar-refractivity contribution is 5.68. The Labute approximate surface area is 190 Å². The number of halogens is 9. The first-order chi connectivity index (χ1) is 15.6. The molecule has 1 heterocycles. The minimum atomic E-state index is -5.81. The van der Waals surface area contributed by atoms with Crippen LogP contribution in [0.1, 0.15) is 25.0 Å². The summed E-state index contributed by atoms with van der Waals surface area (Å²) in [6, 6.07) is 3.34. The van der Waals surface area contributed by atoms with E-state index in [-0.39, 0.29) is 32.7 Å². The molecule has 0 spiro atoms. The number of piperazine rings is 1. The van der Waals surface area contributed by atoms with Gasteiger partial charge in [0.2, 0.25) is 0 Å². The van der Waals surface area contributed by atoms with Crippen LogP contribution in [-0.2, 0) is 17.5 Å². The highest BCUT2D eigenvalue weighted by atomic mass is 19.4. The molecule has 1 saturated heterocycles.